The molecule has 0 spiro atoms. The topological polar surface area (TPSA) is 38.7 Å². The molecule has 0 fully saturated rings. The fourth-order valence-electron chi connectivity index (χ4n) is 9.84. The van der Waals surface area contributed by atoms with E-state index in [1.54, 1.807) is 6.20 Å². The first-order chi connectivity index (χ1) is 30.0. The van der Waals surface area contributed by atoms with E-state index in [1.807, 2.05) is 12.3 Å². The van der Waals surface area contributed by atoms with Crippen molar-refractivity contribution in [3.8, 4) is 101 Å². The quantitative estimate of drug-likeness (QED) is 0.169. The van der Waals surface area contributed by atoms with Crippen LogP contribution in [0.5, 0.6) is 0 Å². The van der Waals surface area contributed by atoms with Crippen molar-refractivity contribution in [1.29, 1.82) is 0 Å². The van der Waals surface area contributed by atoms with Crippen molar-refractivity contribution >= 4 is 10.8 Å². The Morgan fingerprint density at radius 3 is 1.69 bits per heavy atom. The Kier molecular flexibility index (Phi) is 7.88. The van der Waals surface area contributed by atoms with Crippen molar-refractivity contribution in [3.63, 3.8) is 0 Å². The third kappa shape index (κ3) is 5.69. The van der Waals surface area contributed by atoms with Crippen LogP contribution in [0.3, 0.4) is 0 Å². The largest absolute Gasteiger partial charge is 0.264 e. The summed E-state index contributed by atoms with van der Waals surface area (Å²) >= 11 is 0. The van der Waals surface area contributed by atoms with Gasteiger partial charge in [0.1, 0.15) is 0 Å². The molecule has 0 amide bonds. The van der Waals surface area contributed by atoms with Crippen molar-refractivity contribution in [3.05, 3.63) is 212 Å². The summed E-state index contributed by atoms with van der Waals surface area (Å²) in [4.78, 5) is 14.9. The van der Waals surface area contributed by atoms with Gasteiger partial charge in [-0.1, -0.05) is 178 Å². The van der Waals surface area contributed by atoms with Crippen molar-refractivity contribution in [1.82, 2.24) is 15.0 Å². The van der Waals surface area contributed by atoms with Crippen LogP contribution < -0.4 is 0 Å². The van der Waals surface area contributed by atoms with Gasteiger partial charge in [0.2, 0.25) is 0 Å². The van der Waals surface area contributed by atoms with Crippen LogP contribution in [0.1, 0.15) is 25.0 Å². The van der Waals surface area contributed by atoms with E-state index in [0.29, 0.717) is 5.82 Å². The van der Waals surface area contributed by atoms with E-state index in [4.69, 9.17) is 9.97 Å². The average Bonchev–Trinajstić information content (AvgIpc) is 3.78. The van der Waals surface area contributed by atoms with Crippen LogP contribution in [0.15, 0.2) is 200 Å². The second-order valence-electron chi connectivity index (χ2n) is 16.8. The fourth-order valence-corrected chi connectivity index (χ4v) is 9.84. The Labute approximate surface area is 355 Å². The van der Waals surface area contributed by atoms with E-state index < -0.39 is 0 Å². The molecule has 0 saturated carbocycles. The first kappa shape index (κ1) is 35.2. The van der Waals surface area contributed by atoms with E-state index >= 15 is 0 Å². The SMILES string of the molecule is CC1(C)c2ccccc2-c2ccc(-c3ccc(-c4nc(-c5ccc(-c6ccc7c8c(cccc68)-c6ccccc6-7)cc5)cc(-c5cccc(-c6cccnc6)c5)n4)cc3)cc21. The van der Waals surface area contributed by atoms with Gasteiger partial charge in [-0.2, -0.15) is 0 Å². The van der Waals surface area contributed by atoms with E-state index in [-0.39, 0.29) is 5.41 Å². The fraction of sp³-hybridized carbons (Fsp3) is 0.0517. The molecule has 0 aliphatic heterocycles. The molecule has 8 aromatic carbocycles. The Hall–Kier alpha value is -7.75. The van der Waals surface area contributed by atoms with Crippen molar-refractivity contribution < 1.29 is 0 Å². The third-order valence-corrected chi connectivity index (χ3v) is 13.0. The molecule has 3 nitrogen and oxygen atoms in total. The van der Waals surface area contributed by atoms with Gasteiger partial charge >= 0.3 is 0 Å². The molecule has 2 aliphatic rings. The van der Waals surface area contributed by atoms with Crippen LogP contribution in [-0.2, 0) is 5.41 Å². The Morgan fingerprint density at radius 1 is 0.344 bits per heavy atom. The molecule has 2 heterocycles. The van der Waals surface area contributed by atoms with Crippen LogP contribution >= 0.6 is 0 Å². The lowest BCUT2D eigenvalue weighted by atomic mass is 9.81. The second-order valence-corrected chi connectivity index (χ2v) is 16.8. The summed E-state index contributed by atoms with van der Waals surface area (Å²) in [7, 11) is 0. The first-order valence-electron chi connectivity index (χ1n) is 21.0. The Morgan fingerprint density at radius 2 is 0.902 bits per heavy atom. The summed E-state index contributed by atoms with van der Waals surface area (Å²) in [6, 6.07) is 68.1. The number of fused-ring (bicyclic) bond motifs is 6. The number of rotatable bonds is 6. The number of nitrogens with zero attached hydrogens (tertiary/aromatic N) is 3. The van der Waals surface area contributed by atoms with Crippen molar-refractivity contribution in [2.24, 2.45) is 0 Å². The molecule has 2 aliphatic carbocycles. The van der Waals surface area contributed by atoms with E-state index in [9.17, 15) is 0 Å². The van der Waals surface area contributed by atoms with Gasteiger partial charge in [-0.05, 0) is 107 Å². The van der Waals surface area contributed by atoms with E-state index in [2.05, 4.69) is 201 Å². The summed E-state index contributed by atoms with van der Waals surface area (Å²) in [5.41, 5.74) is 22.3. The number of benzene rings is 8. The summed E-state index contributed by atoms with van der Waals surface area (Å²) in [6.07, 6.45) is 3.71. The lowest BCUT2D eigenvalue weighted by Gasteiger charge is -2.22. The van der Waals surface area contributed by atoms with Crippen molar-refractivity contribution in [2.75, 3.05) is 0 Å². The highest BCUT2D eigenvalue weighted by Gasteiger charge is 2.35. The monoisotopic (exact) mass is 777 g/mol. The highest BCUT2D eigenvalue weighted by atomic mass is 14.9. The van der Waals surface area contributed by atoms with Gasteiger partial charge in [0.15, 0.2) is 5.82 Å². The molecule has 61 heavy (non-hydrogen) atoms. The van der Waals surface area contributed by atoms with Gasteiger partial charge in [-0.3, -0.25) is 4.98 Å². The summed E-state index contributed by atoms with van der Waals surface area (Å²) in [6.45, 7) is 4.67. The zero-order valence-corrected chi connectivity index (χ0v) is 33.9. The maximum Gasteiger partial charge on any atom is 0.160 e. The van der Waals surface area contributed by atoms with Crippen LogP contribution in [-0.4, -0.2) is 15.0 Å². The number of aromatic nitrogens is 3. The smallest absolute Gasteiger partial charge is 0.160 e. The van der Waals surface area contributed by atoms with Gasteiger partial charge < -0.3 is 0 Å². The van der Waals surface area contributed by atoms with E-state index in [0.717, 1.165) is 39.2 Å². The highest BCUT2D eigenvalue weighted by molar-refractivity contribution is 6.18. The van der Waals surface area contributed by atoms with E-state index in [1.165, 1.54) is 77.5 Å². The average molecular weight is 778 g/mol. The van der Waals surface area contributed by atoms with Gasteiger partial charge in [-0.25, -0.2) is 9.97 Å². The molecule has 0 bridgehead atoms. The minimum absolute atomic E-state index is 0.0544. The third-order valence-electron chi connectivity index (χ3n) is 13.0. The minimum atomic E-state index is -0.0544. The standard InChI is InChI=1S/C58H39N3/c1-58(2)52-18-6-5-15-47(52)48-28-27-41(33-53(48)58)36-19-25-39(26-20-36)57-60-54(34-55(61-57)42-11-7-10-40(32-42)43-12-9-31-59-35-43)38-23-21-37(22-24-38)44-29-30-51-46-14-4-3-13-45(46)50-17-8-16-49(44)56(50)51/h3-35H,1-2H3. The van der Waals surface area contributed by atoms with Gasteiger partial charge in [0, 0.05) is 40.1 Å². The van der Waals surface area contributed by atoms with Crippen LogP contribution in [0.25, 0.3) is 111 Å². The molecule has 0 N–H and O–H groups in total. The van der Waals surface area contributed by atoms with Crippen LogP contribution in [0.4, 0.5) is 0 Å². The molecule has 2 aromatic heterocycles. The van der Waals surface area contributed by atoms with Crippen LogP contribution in [0.2, 0.25) is 0 Å². The maximum absolute atomic E-state index is 5.26. The molecule has 0 atom stereocenters. The Bertz CT molecular complexity index is 3330. The predicted molar refractivity (Wildman–Crippen MR) is 252 cm³/mol. The van der Waals surface area contributed by atoms with Gasteiger partial charge in [0.25, 0.3) is 0 Å². The minimum Gasteiger partial charge on any atom is -0.264 e. The summed E-state index contributed by atoms with van der Waals surface area (Å²) in [5.74, 6) is 0.688. The zero-order valence-electron chi connectivity index (χ0n) is 33.9. The normalized spacial score (nSPS) is 12.9. The summed E-state index contributed by atoms with van der Waals surface area (Å²) in [5, 5.41) is 2.61. The molecule has 0 radical (unpaired) electrons. The molecule has 0 unspecified atom stereocenters. The number of hydrogen-bond acceptors (Lipinski definition) is 3. The molecular formula is C58H39N3. The predicted octanol–water partition coefficient (Wildman–Crippen LogP) is 15.0. The number of hydrogen-bond donors (Lipinski definition) is 0. The van der Waals surface area contributed by atoms with Crippen LogP contribution in [0, 0.1) is 0 Å². The molecule has 286 valence electrons. The lowest BCUT2D eigenvalue weighted by molar-refractivity contribution is 0.660. The molecular weight excluding hydrogens is 739 g/mol. The lowest BCUT2D eigenvalue weighted by Crippen LogP contribution is -2.14. The zero-order chi connectivity index (χ0) is 40.7. The van der Waals surface area contributed by atoms with Crippen molar-refractivity contribution in [2.45, 2.75) is 19.3 Å². The molecule has 12 rings (SSSR count). The maximum atomic E-state index is 5.26. The number of pyridine rings is 1. The molecule has 10 aromatic rings. The second kappa shape index (κ2) is 13.7. The van der Waals surface area contributed by atoms with Gasteiger partial charge in [-0.15, -0.1) is 0 Å². The first-order valence-corrected chi connectivity index (χ1v) is 21.0. The van der Waals surface area contributed by atoms with Gasteiger partial charge in [0.05, 0.1) is 11.4 Å². The molecule has 0 saturated heterocycles. The molecule has 3 heteroatoms. The highest BCUT2D eigenvalue weighted by Crippen LogP contribution is 2.51. The Balaban J connectivity index is 0.929. The summed E-state index contributed by atoms with van der Waals surface area (Å²) < 4.78 is 0.